The summed E-state index contributed by atoms with van der Waals surface area (Å²) in [6.07, 6.45) is 1.30. The third-order valence-electron chi connectivity index (χ3n) is 2.20. The summed E-state index contributed by atoms with van der Waals surface area (Å²) in [7, 11) is 0. The van der Waals surface area contributed by atoms with E-state index in [9.17, 15) is 14.4 Å². The number of aromatic amines is 3. The number of hydrogen-bond acceptors (Lipinski definition) is 4. The molecule has 0 aromatic carbocycles. The van der Waals surface area contributed by atoms with Crippen molar-refractivity contribution < 1.29 is 0 Å². The maximum atomic E-state index is 11.8. The highest BCUT2D eigenvalue weighted by atomic mass is 16.1. The second-order valence-corrected chi connectivity index (χ2v) is 3.22. The summed E-state index contributed by atoms with van der Waals surface area (Å²) < 4.78 is 1.15. The van der Waals surface area contributed by atoms with Gasteiger partial charge in [0.25, 0.3) is 11.1 Å². The topological polar surface area (TPSA) is 116 Å². The van der Waals surface area contributed by atoms with Crippen molar-refractivity contribution in [2.45, 2.75) is 0 Å². The van der Waals surface area contributed by atoms with E-state index in [0.29, 0.717) is 0 Å². The van der Waals surface area contributed by atoms with E-state index in [4.69, 9.17) is 0 Å². The fourth-order valence-electron chi connectivity index (χ4n) is 1.51. The van der Waals surface area contributed by atoms with Crippen LogP contribution < -0.4 is 16.8 Å². The Hall–Kier alpha value is -2.64. The minimum Gasteiger partial charge on any atom is -0.300 e. The maximum Gasteiger partial charge on any atom is 0.325 e. The Labute approximate surface area is 85.6 Å². The van der Waals surface area contributed by atoms with Gasteiger partial charge in [0.1, 0.15) is 0 Å². The molecule has 8 heteroatoms. The molecule has 8 nitrogen and oxygen atoms in total. The Morgan fingerprint density at radius 3 is 2.75 bits per heavy atom. The Kier molecular flexibility index (Phi) is 1.45. The summed E-state index contributed by atoms with van der Waals surface area (Å²) in [5.74, 6) is 0.0836. The largest absolute Gasteiger partial charge is 0.325 e. The molecule has 0 saturated carbocycles. The van der Waals surface area contributed by atoms with E-state index in [1.807, 2.05) is 0 Å². The summed E-state index contributed by atoms with van der Waals surface area (Å²) >= 11 is 0. The molecule has 3 rings (SSSR count). The number of nitrogens with zero attached hydrogens (tertiary/aromatic N) is 2. The average molecular weight is 219 g/mol. The lowest BCUT2D eigenvalue weighted by Gasteiger charge is -1.97. The van der Waals surface area contributed by atoms with Crippen LogP contribution in [-0.4, -0.2) is 24.3 Å². The zero-order chi connectivity index (χ0) is 11.3. The van der Waals surface area contributed by atoms with Gasteiger partial charge in [-0.2, -0.15) is 4.98 Å². The molecule has 3 aromatic heterocycles. The van der Waals surface area contributed by atoms with Crippen molar-refractivity contribution in [2.24, 2.45) is 0 Å². The molecule has 0 aliphatic rings. The van der Waals surface area contributed by atoms with Gasteiger partial charge >= 0.3 is 5.69 Å². The highest BCUT2D eigenvalue weighted by molar-refractivity contribution is 5.70. The van der Waals surface area contributed by atoms with Crippen LogP contribution in [0.3, 0.4) is 0 Å². The fraction of sp³-hybridized carbons (Fsp3) is 0. The molecule has 0 unspecified atom stereocenters. The standard InChI is InChI=1S/C8H5N5O3/c14-3-1-2-13-6(15)4-5(11-7(13)9-3)12-8(16)10-4/h1-2H,(H,9,11,14)(H2,10,12,16). The second-order valence-electron chi connectivity index (χ2n) is 3.22. The number of fused-ring (bicyclic) bond motifs is 2. The molecule has 3 aromatic rings. The molecule has 3 heterocycles. The van der Waals surface area contributed by atoms with Crippen molar-refractivity contribution in [1.82, 2.24) is 24.3 Å². The van der Waals surface area contributed by atoms with Crippen LogP contribution in [0.4, 0.5) is 0 Å². The minimum atomic E-state index is -0.516. The van der Waals surface area contributed by atoms with Gasteiger partial charge in [0.05, 0.1) is 0 Å². The van der Waals surface area contributed by atoms with E-state index in [-0.39, 0.29) is 22.5 Å². The zero-order valence-electron chi connectivity index (χ0n) is 7.77. The molecule has 0 amide bonds. The Morgan fingerprint density at radius 1 is 1.12 bits per heavy atom. The van der Waals surface area contributed by atoms with Crippen molar-refractivity contribution in [3.05, 3.63) is 43.5 Å². The summed E-state index contributed by atoms with van der Waals surface area (Å²) in [5.41, 5.74) is -1.14. The number of hydrogen-bond donors (Lipinski definition) is 3. The van der Waals surface area contributed by atoms with Crippen LogP contribution >= 0.6 is 0 Å². The Morgan fingerprint density at radius 2 is 1.94 bits per heavy atom. The molecule has 3 N–H and O–H groups in total. The van der Waals surface area contributed by atoms with E-state index in [0.717, 1.165) is 4.40 Å². The minimum absolute atomic E-state index is 0.0783. The van der Waals surface area contributed by atoms with Gasteiger partial charge in [-0.15, -0.1) is 0 Å². The monoisotopic (exact) mass is 219 g/mol. The van der Waals surface area contributed by atoms with Crippen molar-refractivity contribution in [3.63, 3.8) is 0 Å². The number of imidazole rings is 1. The van der Waals surface area contributed by atoms with Crippen molar-refractivity contribution in [1.29, 1.82) is 0 Å². The molecule has 16 heavy (non-hydrogen) atoms. The van der Waals surface area contributed by atoms with Crippen molar-refractivity contribution in [2.75, 3.05) is 0 Å². The van der Waals surface area contributed by atoms with Gasteiger partial charge in [0.15, 0.2) is 11.2 Å². The first-order valence-corrected chi connectivity index (χ1v) is 4.39. The SMILES string of the molecule is O=c1ccn2c(=O)c3[nH]c(=O)[nH]c3nc2[nH]1. The van der Waals surface area contributed by atoms with Crippen LogP contribution in [0, 0.1) is 0 Å². The van der Waals surface area contributed by atoms with Gasteiger partial charge in [-0.05, 0) is 0 Å². The highest BCUT2D eigenvalue weighted by Gasteiger charge is 2.08. The Balaban J connectivity index is 2.70. The third-order valence-corrected chi connectivity index (χ3v) is 2.20. The smallest absolute Gasteiger partial charge is 0.300 e. The van der Waals surface area contributed by atoms with Gasteiger partial charge < -0.3 is 0 Å². The van der Waals surface area contributed by atoms with Gasteiger partial charge in [0, 0.05) is 12.3 Å². The van der Waals surface area contributed by atoms with Gasteiger partial charge in [-0.25, -0.2) is 4.79 Å². The van der Waals surface area contributed by atoms with Gasteiger partial charge in [-0.1, -0.05) is 0 Å². The number of aromatic nitrogens is 5. The quantitative estimate of drug-likeness (QED) is 0.429. The van der Waals surface area contributed by atoms with Crippen molar-refractivity contribution >= 4 is 16.9 Å². The number of H-pyrrole nitrogens is 3. The predicted molar refractivity (Wildman–Crippen MR) is 54.6 cm³/mol. The normalized spacial score (nSPS) is 11.2. The fourth-order valence-corrected chi connectivity index (χ4v) is 1.51. The predicted octanol–water partition coefficient (Wildman–Crippen LogP) is -1.45. The van der Waals surface area contributed by atoms with Crippen LogP contribution in [-0.2, 0) is 0 Å². The highest BCUT2D eigenvalue weighted by Crippen LogP contribution is 1.97. The van der Waals surface area contributed by atoms with Crippen LogP contribution in [0.2, 0.25) is 0 Å². The lowest BCUT2D eigenvalue weighted by atomic mass is 10.5. The van der Waals surface area contributed by atoms with E-state index < -0.39 is 11.2 Å². The molecular formula is C8H5N5O3. The second kappa shape index (κ2) is 2.69. The summed E-state index contributed by atoms with van der Waals surface area (Å²) in [4.78, 5) is 44.9. The molecule has 0 spiro atoms. The molecule has 80 valence electrons. The van der Waals surface area contributed by atoms with Gasteiger partial charge in [-0.3, -0.25) is 28.9 Å². The van der Waals surface area contributed by atoms with E-state index in [1.165, 1.54) is 12.3 Å². The molecule has 0 fully saturated rings. The Bertz CT molecular complexity index is 865. The summed E-state index contributed by atoms with van der Waals surface area (Å²) in [6, 6.07) is 1.20. The summed E-state index contributed by atoms with van der Waals surface area (Å²) in [5, 5.41) is 0. The molecule has 0 aliphatic carbocycles. The molecule has 0 bridgehead atoms. The summed E-state index contributed by atoms with van der Waals surface area (Å²) in [6.45, 7) is 0. The molecule has 0 saturated heterocycles. The number of rotatable bonds is 0. The van der Waals surface area contributed by atoms with Gasteiger partial charge in [0.2, 0.25) is 5.78 Å². The van der Waals surface area contributed by atoms with Crippen LogP contribution in [0.5, 0.6) is 0 Å². The van der Waals surface area contributed by atoms with Crippen molar-refractivity contribution in [3.8, 4) is 0 Å². The molecular weight excluding hydrogens is 214 g/mol. The average Bonchev–Trinajstić information content (AvgIpc) is 2.59. The zero-order valence-corrected chi connectivity index (χ0v) is 7.77. The van der Waals surface area contributed by atoms with E-state index >= 15 is 0 Å². The first-order chi connectivity index (χ1) is 7.65. The first kappa shape index (κ1) is 8.65. The van der Waals surface area contributed by atoms with E-state index in [1.54, 1.807) is 0 Å². The third kappa shape index (κ3) is 1.03. The molecule has 0 radical (unpaired) electrons. The van der Waals surface area contributed by atoms with E-state index in [2.05, 4.69) is 19.9 Å². The number of nitrogens with one attached hydrogen (secondary N) is 3. The molecule has 0 atom stereocenters. The van der Waals surface area contributed by atoms with Crippen LogP contribution in [0.25, 0.3) is 16.9 Å². The maximum absolute atomic E-state index is 11.8. The van der Waals surface area contributed by atoms with Crippen LogP contribution in [0.15, 0.2) is 26.6 Å². The molecule has 0 aliphatic heterocycles. The lowest BCUT2D eigenvalue weighted by Crippen LogP contribution is -2.19. The first-order valence-electron chi connectivity index (χ1n) is 4.39. The lowest BCUT2D eigenvalue weighted by molar-refractivity contribution is 0.999. The van der Waals surface area contributed by atoms with Crippen LogP contribution in [0.1, 0.15) is 0 Å².